The molecule has 0 aliphatic carbocycles. The summed E-state index contributed by atoms with van der Waals surface area (Å²) in [7, 11) is 0. The van der Waals surface area contributed by atoms with E-state index in [-0.39, 0.29) is 40.6 Å². The highest BCUT2D eigenvalue weighted by molar-refractivity contribution is 6.31. The van der Waals surface area contributed by atoms with Crippen LogP contribution in [0.15, 0.2) is 48.5 Å². The zero-order valence-electron chi connectivity index (χ0n) is 20.4. The Bertz CT molecular complexity index is 1600. The van der Waals surface area contributed by atoms with Crippen molar-refractivity contribution in [1.29, 1.82) is 0 Å². The van der Waals surface area contributed by atoms with E-state index in [4.69, 9.17) is 22.1 Å². The Morgan fingerprint density at radius 3 is 2.63 bits per heavy atom. The summed E-state index contributed by atoms with van der Waals surface area (Å²) in [5.41, 5.74) is 4.52. The Balaban J connectivity index is 1.49. The minimum absolute atomic E-state index is 0.0309. The highest BCUT2D eigenvalue weighted by Gasteiger charge is 2.45. The van der Waals surface area contributed by atoms with E-state index < -0.39 is 34.5 Å². The lowest BCUT2D eigenvalue weighted by Crippen LogP contribution is -2.41. The van der Waals surface area contributed by atoms with E-state index in [1.54, 1.807) is 6.92 Å². The number of hydrogen-bond donors (Lipinski definition) is 4. The molecule has 196 valence electrons. The van der Waals surface area contributed by atoms with Crippen molar-refractivity contribution in [3.8, 4) is 17.0 Å². The number of aromatic amines is 1. The lowest BCUT2D eigenvalue weighted by Gasteiger charge is -2.26. The predicted octanol–water partition coefficient (Wildman–Crippen LogP) is 3.93. The van der Waals surface area contributed by atoms with E-state index in [2.05, 4.69) is 15.3 Å². The molecule has 0 saturated carbocycles. The number of carbonyl (C=O) groups is 2. The van der Waals surface area contributed by atoms with Gasteiger partial charge in [0.2, 0.25) is 5.91 Å². The number of hydrogen-bond acceptors (Lipinski definition) is 5. The van der Waals surface area contributed by atoms with Crippen LogP contribution in [0.5, 0.6) is 5.75 Å². The number of halogens is 3. The van der Waals surface area contributed by atoms with Gasteiger partial charge in [0.25, 0.3) is 5.91 Å². The van der Waals surface area contributed by atoms with Crippen molar-refractivity contribution in [2.75, 3.05) is 13.2 Å². The van der Waals surface area contributed by atoms with Crippen LogP contribution >= 0.6 is 11.6 Å². The highest BCUT2D eigenvalue weighted by atomic mass is 35.5. The third-order valence-corrected chi connectivity index (χ3v) is 6.99. The van der Waals surface area contributed by atoms with E-state index in [0.29, 0.717) is 22.4 Å². The van der Waals surface area contributed by atoms with Crippen LogP contribution < -0.4 is 15.8 Å². The number of rotatable bonds is 6. The number of nitrogens with two attached hydrogens (primary N) is 1. The number of benzene rings is 2. The Hall–Kier alpha value is -4.02. The number of H-pyrrole nitrogens is 1. The molecule has 1 aliphatic rings. The van der Waals surface area contributed by atoms with Gasteiger partial charge in [0, 0.05) is 21.5 Å². The number of primary amides is 1. The third kappa shape index (κ3) is 4.35. The summed E-state index contributed by atoms with van der Waals surface area (Å²) in [5.74, 6) is -1.94. The van der Waals surface area contributed by atoms with Gasteiger partial charge in [-0.3, -0.25) is 9.59 Å². The van der Waals surface area contributed by atoms with E-state index in [1.165, 1.54) is 49.4 Å². The molecule has 0 unspecified atom stereocenters. The van der Waals surface area contributed by atoms with Gasteiger partial charge in [0.1, 0.15) is 46.4 Å². The van der Waals surface area contributed by atoms with Gasteiger partial charge in [-0.25, -0.2) is 13.8 Å². The first kappa shape index (κ1) is 25.6. The van der Waals surface area contributed by atoms with Crippen LogP contribution in [-0.2, 0) is 15.8 Å². The summed E-state index contributed by atoms with van der Waals surface area (Å²) < 4.78 is 33.6. The average molecular weight is 541 g/mol. The largest absolute Gasteiger partial charge is 0.489 e. The summed E-state index contributed by atoms with van der Waals surface area (Å²) in [6.45, 7) is 2.75. The fourth-order valence-electron chi connectivity index (χ4n) is 4.39. The standard InChI is InChI=1S/C27H23ClF2N4O4/c1-26(25(31)36)12-38-23-17(26)10-21(34-22(23)13-3-5-15(29)6-4-13)27(2,37)11-32-24(35)20-9-16-18(30)7-14(28)8-19(16)33-20/h3-10,33,37H,11-12H2,1-2H3,(H2,31,36)(H,32,35)/t26-,27-/m0/s1. The van der Waals surface area contributed by atoms with Crippen molar-refractivity contribution >= 4 is 34.3 Å². The molecule has 1 aliphatic heterocycles. The molecule has 2 atom stereocenters. The van der Waals surface area contributed by atoms with Crippen LogP contribution in [0.1, 0.15) is 35.6 Å². The Kier molecular flexibility index (Phi) is 6.12. The van der Waals surface area contributed by atoms with E-state index in [1.807, 2.05) is 0 Å². The van der Waals surface area contributed by atoms with Gasteiger partial charge in [-0.15, -0.1) is 0 Å². The summed E-state index contributed by atoms with van der Waals surface area (Å²) in [5, 5.41) is 14.4. The second-order valence-electron chi connectivity index (χ2n) is 9.71. The first-order chi connectivity index (χ1) is 17.9. The van der Waals surface area contributed by atoms with Crippen LogP contribution in [0.4, 0.5) is 8.78 Å². The maximum absolute atomic E-state index is 14.2. The quantitative estimate of drug-likeness (QED) is 0.294. The van der Waals surface area contributed by atoms with Gasteiger partial charge in [-0.2, -0.15) is 0 Å². The second kappa shape index (κ2) is 9.07. The summed E-state index contributed by atoms with van der Waals surface area (Å²) >= 11 is 5.89. The highest BCUT2D eigenvalue weighted by Crippen LogP contribution is 2.45. The van der Waals surface area contributed by atoms with Gasteiger partial charge >= 0.3 is 0 Å². The smallest absolute Gasteiger partial charge is 0.267 e. The van der Waals surface area contributed by atoms with Crippen molar-refractivity contribution in [3.05, 3.63) is 82.1 Å². The number of carbonyl (C=O) groups excluding carboxylic acids is 2. The maximum atomic E-state index is 14.2. The molecular formula is C27H23ClF2N4O4. The number of nitrogens with one attached hydrogen (secondary N) is 2. The number of amides is 2. The molecule has 2 amide bonds. The lowest BCUT2D eigenvalue weighted by atomic mass is 9.82. The van der Waals surface area contributed by atoms with Gasteiger partial charge < -0.3 is 25.9 Å². The number of ether oxygens (including phenoxy) is 1. The molecule has 0 fully saturated rings. The van der Waals surface area contributed by atoms with Crippen molar-refractivity contribution in [2.45, 2.75) is 24.9 Å². The van der Waals surface area contributed by atoms with Gasteiger partial charge in [0.05, 0.1) is 17.8 Å². The first-order valence-electron chi connectivity index (χ1n) is 11.6. The molecule has 11 heteroatoms. The number of aromatic nitrogens is 2. The molecule has 2 aromatic heterocycles. The molecule has 3 heterocycles. The molecule has 4 aromatic rings. The zero-order chi connectivity index (χ0) is 27.4. The Morgan fingerprint density at radius 2 is 1.95 bits per heavy atom. The maximum Gasteiger partial charge on any atom is 0.267 e. The number of nitrogens with zero attached hydrogens (tertiary/aromatic N) is 1. The Labute approximate surface area is 220 Å². The SMILES string of the molecule is C[C@](O)(CNC(=O)c1cc2c(F)cc(Cl)cc2[nH]1)c1cc2c(c(-c3ccc(F)cc3)n1)OC[C@]2(C)C(N)=O. The molecule has 0 spiro atoms. The topological polar surface area (TPSA) is 130 Å². The second-order valence-corrected chi connectivity index (χ2v) is 10.1. The number of pyridine rings is 1. The van der Waals surface area contributed by atoms with Crippen molar-refractivity contribution < 1.29 is 28.2 Å². The molecule has 8 nitrogen and oxygen atoms in total. The fraction of sp³-hybridized carbons (Fsp3) is 0.222. The van der Waals surface area contributed by atoms with Crippen molar-refractivity contribution in [3.63, 3.8) is 0 Å². The predicted molar refractivity (Wildman–Crippen MR) is 137 cm³/mol. The van der Waals surface area contributed by atoms with Gasteiger partial charge in [-0.05, 0) is 62.4 Å². The third-order valence-electron chi connectivity index (χ3n) is 6.78. The zero-order valence-corrected chi connectivity index (χ0v) is 21.1. The van der Waals surface area contributed by atoms with Crippen molar-refractivity contribution in [1.82, 2.24) is 15.3 Å². The molecule has 0 bridgehead atoms. The summed E-state index contributed by atoms with van der Waals surface area (Å²) in [6.07, 6.45) is 0. The van der Waals surface area contributed by atoms with Gasteiger partial charge in [-0.1, -0.05) is 11.6 Å². The van der Waals surface area contributed by atoms with Crippen LogP contribution in [-0.4, -0.2) is 40.0 Å². The minimum atomic E-state index is -1.72. The monoisotopic (exact) mass is 540 g/mol. The summed E-state index contributed by atoms with van der Waals surface area (Å²) in [4.78, 5) is 32.6. The average Bonchev–Trinajstić information content (AvgIpc) is 3.45. The van der Waals surface area contributed by atoms with Crippen LogP contribution in [0.2, 0.25) is 5.02 Å². The number of fused-ring (bicyclic) bond motifs is 2. The normalized spacial score (nSPS) is 18.1. The van der Waals surface area contributed by atoms with Gasteiger partial charge in [0.15, 0.2) is 0 Å². The molecule has 5 rings (SSSR count). The molecular weight excluding hydrogens is 518 g/mol. The molecule has 2 aromatic carbocycles. The first-order valence-corrected chi connectivity index (χ1v) is 12.0. The van der Waals surface area contributed by atoms with E-state index >= 15 is 0 Å². The molecule has 0 radical (unpaired) electrons. The van der Waals surface area contributed by atoms with Crippen LogP contribution in [0.25, 0.3) is 22.2 Å². The Morgan fingerprint density at radius 1 is 1.24 bits per heavy atom. The molecule has 38 heavy (non-hydrogen) atoms. The number of aliphatic hydroxyl groups is 1. The van der Waals surface area contributed by atoms with Crippen molar-refractivity contribution in [2.24, 2.45) is 5.73 Å². The fourth-order valence-corrected chi connectivity index (χ4v) is 4.59. The van der Waals surface area contributed by atoms with Crippen LogP contribution in [0.3, 0.4) is 0 Å². The van der Waals surface area contributed by atoms with E-state index in [0.717, 1.165) is 6.07 Å². The van der Waals surface area contributed by atoms with Crippen LogP contribution in [0, 0.1) is 11.6 Å². The molecule has 5 N–H and O–H groups in total. The summed E-state index contributed by atoms with van der Waals surface area (Å²) in [6, 6.07) is 11.0. The van der Waals surface area contributed by atoms with E-state index in [9.17, 15) is 23.5 Å². The minimum Gasteiger partial charge on any atom is -0.489 e. The molecule has 0 saturated heterocycles. The lowest BCUT2D eigenvalue weighted by molar-refractivity contribution is -0.123.